The van der Waals surface area contributed by atoms with Gasteiger partial charge in [0.2, 0.25) is 11.8 Å². The van der Waals surface area contributed by atoms with Gasteiger partial charge in [-0.3, -0.25) is 0 Å². The lowest BCUT2D eigenvalue weighted by molar-refractivity contribution is 0.340. The molecule has 2 aromatic heterocycles. The summed E-state index contributed by atoms with van der Waals surface area (Å²) in [4.78, 5) is 0. The molecule has 0 fully saturated rings. The Morgan fingerprint density at radius 2 is 1.24 bits per heavy atom. The number of fused-ring (bicyclic) bond motifs is 3. The maximum Gasteiger partial charge on any atom is 0.248 e. The summed E-state index contributed by atoms with van der Waals surface area (Å²) in [7, 11) is 0. The van der Waals surface area contributed by atoms with E-state index in [9.17, 15) is 0 Å². The van der Waals surface area contributed by atoms with Gasteiger partial charge in [0.25, 0.3) is 0 Å². The maximum absolute atomic E-state index is 5.98. The lowest BCUT2D eigenvalue weighted by atomic mass is 10.2. The molecule has 0 unspecified atom stereocenters. The molecule has 5 nitrogen and oxygen atoms in total. The Kier molecular flexibility index (Phi) is 11.7. The molecule has 0 aliphatic rings. The van der Waals surface area contributed by atoms with Crippen LogP contribution >= 0.6 is 0 Å². The fourth-order valence-electron chi connectivity index (χ4n) is 4.30. The lowest BCUT2D eigenvalue weighted by Crippen LogP contribution is -1.93. The summed E-state index contributed by atoms with van der Waals surface area (Å²) in [5, 5.41) is 11.0. The van der Waals surface area contributed by atoms with Crippen LogP contribution in [0.1, 0.15) is 34.6 Å². The Balaban J connectivity index is 0.000000525. The van der Waals surface area contributed by atoms with E-state index in [0.29, 0.717) is 18.4 Å². The smallest absolute Gasteiger partial charge is 0.248 e. The number of allylic oxidation sites excluding steroid dienone is 2. The van der Waals surface area contributed by atoms with Crippen LogP contribution in [0.25, 0.3) is 50.4 Å². The molecule has 4 aromatic carbocycles. The predicted molar refractivity (Wildman–Crippen MR) is 174 cm³/mol. The second-order valence-corrected chi connectivity index (χ2v) is 8.46. The molecule has 0 aliphatic heterocycles. The standard InChI is InChI=1S/C28H21N3O2.C4H8.C2H6.C2H4/c1-2-32-22-9-7-8-20(18-22)28-30-29-27(33-28)19-14-16-21(17-15-19)31-25-12-5-3-10-23(25)24-11-4-6-13-26(24)31;1-3-4-2;2*1-2/h3-18H,2H2,1H3;3-4H,1-2H3;1-2H3;1-2H2/b;4-3-;;. The van der Waals surface area contributed by atoms with Crippen LogP contribution in [0.15, 0.2) is 127 Å². The van der Waals surface area contributed by atoms with E-state index < -0.39 is 0 Å². The van der Waals surface area contributed by atoms with E-state index in [4.69, 9.17) is 9.15 Å². The highest BCUT2D eigenvalue weighted by Gasteiger charge is 2.14. The molecular formula is C36H39N3O2. The quantitative estimate of drug-likeness (QED) is 0.202. The minimum atomic E-state index is 0.470. The molecule has 0 spiro atoms. The van der Waals surface area contributed by atoms with Crippen molar-refractivity contribution < 1.29 is 9.15 Å². The summed E-state index contributed by atoms with van der Waals surface area (Å²) < 4.78 is 13.8. The number of para-hydroxylation sites is 2. The Labute approximate surface area is 243 Å². The summed E-state index contributed by atoms with van der Waals surface area (Å²) in [6, 6.07) is 32.9. The number of hydrogen-bond acceptors (Lipinski definition) is 4. The molecule has 41 heavy (non-hydrogen) atoms. The number of ether oxygens (including phenoxy) is 1. The normalized spacial score (nSPS) is 10.3. The highest BCUT2D eigenvalue weighted by Crippen LogP contribution is 2.33. The Hall–Kier alpha value is -4.90. The van der Waals surface area contributed by atoms with Crippen LogP contribution in [0.4, 0.5) is 0 Å². The summed E-state index contributed by atoms with van der Waals surface area (Å²) in [5.41, 5.74) is 5.16. The van der Waals surface area contributed by atoms with Crippen molar-refractivity contribution in [2.75, 3.05) is 6.61 Å². The van der Waals surface area contributed by atoms with Gasteiger partial charge in [0.1, 0.15) is 5.75 Å². The van der Waals surface area contributed by atoms with E-state index in [1.165, 1.54) is 21.8 Å². The van der Waals surface area contributed by atoms with Crippen LogP contribution in [0.5, 0.6) is 5.75 Å². The number of hydrogen-bond donors (Lipinski definition) is 0. The molecule has 0 saturated heterocycles. The van der Waals surface area contributed by atoms with Crippen LogP contribution in [-0.4, -0.2) is 21.4 Å². The van der Waals surface area contributed by atoms with Gasteiger partial charge in [-0.25, -0.2) is 0 Å². The average molecular weight is 546 g/mol. The summed E-state index contributed by atoms with van der Waals surface area (Å²) in [5.74, 6) is 1.74. The zero-order chi connectivity index (χ0) is 29.6. The van der Waals surface area contributed by atoms with Crippen LogP contribution in [0, 0.1) is 0 Å². The maximum atomic E-state index is 5.98. The minimum absolute atomic E-state index is 0.470. The first-order chi connectivity index (χ1) is 20.2. The number of nitrogens with zero attached hydrogens (tertiary/aromatic N) is 3. The van der Waals surface area contributed by atoms with Crippen molar-refractivity contribution in [1.29, 1.82) is 0 Å². The second-order valence-electron chi connectivity index (χ2n) is 8.46. The van der Waals surface area contributed by atoms with Crippen LogP contribution in [0.2, 0.25) is 0 Å². The highest BCUT2D eigenvalue weighted by molar-refractivity contribution is 6.09. The van der Waals surface area contributed by atoms with E-state index >= 15 is 0 Å². The van der Waals surface area contributed by atoms with E-state index in [-0.39, 0.29) is 0 Å². The molecule has 0 saturated carbocycles. The minimum Gasteiger partial charge on any atom is -0.494 e. The van der Waals surface area contributed by atoms with E-state index in [1.54, 1.807) is 0 Å². The zero-order valence-corrected chi connectivity index (χ0v) is 24.7. The molecule has 210 valence electrons. The third kappa shape index (κ3) is 7.00. The van der Waals surface area contributed by atoms with Crippen LogP contribution < -0.4 is 4.74 Å². The fraction of sp³-hybridized carbons (Fsp3) is 0.167. The molecule has 2 heterocycles. The lowest BCUT2D eigenvalue weighted by Gasteiger charge is -2.08. The van der Waals surface area contributed by atoms with E-state index in [0.717, 1.165) is 22.6 Å². The van der Waals surface area contributed by atoms with Gasteiger partial charge in [-0.2, -0.15) is 0 Å². The molecule has 0 radical (unpaired) electrons. The van der Waals surface area contributed by atoms with Crippen LogP contribution in [0.3, 0.4) is 0 Å². The largest absolute Gasteiger partial charge is 0.494 e. The fourth-order valence-corrected chi connectivity index (χ4v) is 4.30. The molecule has 5 heteroatoms. The molecule has 0 amide bonds. The van der Waals surface area contributed by atoms with Gasteiger partial charge in [-0.1, -0.05) is 68.5 Å². The molecule has 0 bridgehead atoms. The third-order valence-corrected chi connectivity index (χ3v) is 6.10. The predicted octanol–water partition coefficient (Wildman–Crippen LogP) is 10.3. The summed E-state index contributed by atoms with van der Waals surface area (Å²) in [6.07, 6.45) is 4.00. The molecular weight excluding hydrogens is 506 g/mol. The summed E-state index contributed by atoms with van der Waals surface area (Å²) in [6.45, 7) is 16.6. The van der Waals surface area contributed by atoms with E-state index in [1.807, 2.05) is 83.2 Å². The monoisotopic (exact) mass is 545 g/mol. The van der Waals surface area contributed by atoms with Gasteiger partial charge in [-0.05, 0) is 75.4 Å². The third-order valence-electron chi connectivity index (χ3n) is 6.10. The highest BCUT2D eigenvalue weighted by atomic mass is 16.5. The van der Waals surface area contributed by atoms with Gasteiger partial charge in [-0.15, -0.1) is 23.4 Å². The molecule has 0 atom stereocenters. The van der Waals surface area contributed by atoms with Crippen molar-refractivity contribution in [3.8, 4) is 34.3 Å². The summed E-state index contributed by atoms with van der Waals surface area (Å²) >= 11 is 0. The Morgan fingerprint density at radius 3 is 1.78 bits per heavy atom. The van der Waals surface area contributed by atoms with Crippen LogP contribution in [-0.2, 0) is 0 Å². The SMILES string of the molecule is C/C=C\C.C=C.CC.CCOc1cccc(-c2nnc(-c3ccc(-n4c5ccccc5c5ccccc54)cc3)o2)c1. The van der Waals surface area contributed by atoms with Gasteiger partial charge in [0.05, 0.1) is 17.6 Å². The second kappa shape index (κ2) is 15.6. The first-order valence-electron chi connectivity index (χ1n) is 14.0. The van der Waals surface area contributed by atoms with Crippen molar-refractivity contribution in [2.24, 2.45) is 0 Å². The van der Waals surface area contributed by atoms with Crippen molar-refractivity contribution in [2.45, 2.75) is 34.6 Å². The number of benzene rings is 4. The van der Waals surface area contributed by atoms with Crippen molar-refractivity contribution in [1.82, 2.24) is 14.8 Å². The average Bonchev–Trinajstić information content (AvgIpc) is 3.67. The first-order valence-corrected chi connectivity index (χ1v) is 14.0. The molecule has 6 rings (SSSR count). The van der Waals surface area contributed by atoms with Gasteiger partial charge in [0.15, 0.2) is 0 Å². The molecule has 0 N–H and O–H groups in total. The topological polar surface area (TPSA) is 53.1 Å². The van der Waals surface area contributed by atoms with Gasteiger partial charge < -0.3 is 13.7 Å². The Bertz CT molecular complexity index is 1620. The molecule has 0 aliphatic carbocycles. The first kappa shape index (κ1) is 30.6. The van der Waals surface area contributed by atoms with Crippen molar-refractivity contribution in [3.63, 3.8) is 0 Å². The van der Waals surface area contributed by atoms with Crippen molar-refractivity contribution in [3.05, 3.63) is 122 Å². The van der Waals surface area contributed by atoms with Gasteiger partial charge >= 0.3 is 0 Å². The Morgan fingerprint density at radius 1 is 0.707 bits per heavy atom. The van der Waals surface area contributed by atoms with E-state index in [2.05, 4.69) is 88.6 Å². The number of aromatic nitrogens is 3. The number of rotatable bonds is 5. The zero-order valence-electron chi connectivity index (χ0n) is 24.7. The van der Waals surface area contributed by atoms with Gasteiger partial charge in [0, 0.05) is 27.6 Å². The molecule has 6 aromatic rings. The van der Waals surface area contributed by atoms with Crippen molar-refractivity contribution >= 4 is 21.8 Å².